The molecule has 0 radical (unpaired) electrons. The van der Waals surface area contributed by atoms with Crippen molar-refractivity contribution in [3.05, 3.63) is 34.9 Å². The molecule has 0 spiro atoms. The number of halogens is 2. The monoisotopic (exact) mass is 296 g/mol. The van der Waals surface area contributed by atoms with Gasteiger partial charge >= 0.3 is 0 Å². The van der Waals surface area contributed by atoms with E-state index in [1.807, 2.05) is 6.92 Å². The molecule has 1 atom stereocenters. The molecular weight excluding hydrogens is 270 g/mol. The number of likely N-dealkylation sites (N-methyl/N-ethyl adjacent to an activating group) is 1. The number of rotatable bonds is 6. The highest BCUT2D eigenvalue weighted by atomic mass is 19.1. The summed E-state index contributed by atoms with van der Waals surface area (Å²) in [5.41, 5.74) is 0.756. The van der Waals surface area contributed by atoms with Crippen LogP contribution in [-0.4, -0.2) is 31.1 Å². The Morgan fingerprint density at radius 3 is 2.57 bits per heavy atom. The van der Waals surface area contributed by atoms with Gasteiger partial charge in [0.05, 0.1) is 0 Å². The normalized spacial score (nSPS) is 17.6. The Balaban J connectivity index is 1.84. The summed E-state index contributed by atoms with van der Waals surface area (Å²) in [6, 6.07) is 3.09. The van der Waals surface area contributed by atoms with Gasteiger partial charge in [0.2, 0.25) is 0 Å². The molecule has 0 amide bonds. The van der Waals surface area contributed by atoms with Crippen LogP contribution in [0.1, 0.15) is 49.8 Å². The second-order valence-electron chi connectivity index (χ2n) is 6.22. The highest BCUT2D eigenvalue weighted by molar-refractivity contribution is 5.27. The highest BCUT2D eigenvalue weighted by Gasteiger charge is 2.19. The zero-order valence-electron chi connectivity index (χ0n) is 13.3. The van der Waals surface area contributed by atoms with Gasteiger partial charge in [0, 0.05) is 30.7 Å². The van der Waals surface area contributed by atoms with Crippen LogP contribution >= 0.6 is 0 Å². The smallest absolute Gasteiger partial charge is 0.128 e. The Labute approximate surface area is 126 Å². The Bertz CT molecular complexity index is 470. The number of aryl methyl sites for hydroxylation is 1. The Morgan fingerprint density at radius 2 is 1.90 bits per heavy atom. The molecule has 4 heteroatoms. The summed E-state index contributed by atoms with van der Waals surface area (Å²) in [6.07, 6.45) is 5.22. The molecule has 2 nitrogen and oxygen atoms in total. The molecule has 1 saturated carbocycles. The minimum atomic E-state index is -0.344. The molecule has 1 aromatic rings. The average molecular weight is 296 g/mol. The molecule has 1 aromatic carbocycles. The topological polar surface area (TPSA) is 15.3 Å². The summed E-state index contributed by atoms with van der Waals surface area (Å²) in [5, 5.41) is 3.29. The van der Waals surface area contributed by atoms with Gasteiger partial charge in [0.15, 0.2) is 0 Å². The molecule has 0 saturated heterocycles. The molecule has 1 unspecified atom stereocenters. The van der Waals surface area contributed by atoms with Gasteiger partial charge in [-0.1, -0.05) is 12.8 Å². The van der Waals surface area contributed by atoms with Crippen molar-refractivity contribution in [3.63, 3.8) is 0 Å². The van der Waals surface area contributed by atoms with Crippen LogP contribution in [0.2, 0.25) is 0 Å². The molecule has 0 bridgehead atoms. The zero-order chi connectivity index (χ0) is 15.4. The van der Waals surface area contributed by atoms with Crippen molar-refractivity contribution in [1.82, 2.24) is 10.2 Å². The van der Waals surface area contributed by atoms with Crippen LogP contribution in [0.5, 0.6) is 0 Å². The van der Waals surface area contributed by atoms with E-state index in [4.69, 9.17) is 0 Å². The molecule has 0 heterocycles. The quantitative estimate of drug-likeness (QED) is 0.859. The van der Waals surface area contributed by atoms with E-state index < -0.39 is 0 Å². The highest BCUT2D eigenvalue weighted by Crippen LogP contribution is 2.22. The second kappa shape index (κ2) is 7.32. The van der Waals surface area contributed by atoms with E-state index >= 15 is 0 Å². The SMILES string of the molecule is Cc1cc(F)c(C(C)NCCN(C)C2CCCC2)cc1F. The van der Waals surface area contributed by atoms with Crippen molar-refractivity contribution >= 4 is 0 Å². The third-order valence-electron chi connectivity index (χ3n) is 4.61. The van der Waals surface area contributed by atoms with Crippen molar-refractivity contribution < 1.29 is 8.78 Å². The molecular formula is C17H26F2N2. The van der Waals surface area contributed by atoms with Gasteiger partial charge in [0.25, 0.3) is 0 Å². The van der Waals surface area contributed by atoms with Gasteiger partial charge in [-0.15, -0.1) is 0 Å². The summed E-state index contributed by atoms with van der Waals surface area (Å²) in [7, 11) is 2.15. The number of hydrogen-bond acceptors (Lipinski definition) is 2. The lowest BCUT2D eigenvalue weighted by Gasteiger charge is -2.25. The van der Waals surface area contributed by atoms with Crippen molar-refractivity contribution in [2.45, 2.75) is 51.6 Å². The van der Waals surface area contributed by atoms with Crippen molar-refractivity contribution in [2.24, 2.45) is 0 Å². The largest absolute Gasteiger partial charge is 0.309 e. The number of nitrogens with zero attached hydrogens (tertiary/aromatic N) is 1. The molecule has 1 N–H and O–H groups in total. The summed E-state index contributed by atoms with van der Waals surface area (Å²) in [5.74, 6) is -0.679. The van der Waals surface area contributed by atoms with Crippen LogP contribution in [0, 0.1) is 18.6 Å². The summed E-state index contributed by atoms with van der Waals surface area (Å²) < 4.78 is 27.5. The Hall–Kier alpha value is -1.00. The van der Waals surface area contributed by atoms with Crippen LogP contribution in [0.3, 0.4) is 0 Å². The van der Waals surface area contributed by atoms with Crippen molar-refractivity contribution in [3.8, 4) is 0 Å². The fourth-order valence-corrected chi connectivity index (χ4v) is 3.09. The van der Waals surface area contributed by atoms with Gasteiger partial charge in [-0.2, -0.15) is 0 Å². The average Bonchev–Trinajstić information content (AvgIpc) is 2.96. The van der Waals surface area contributed by atoms with Gasteiger partial charge in [-0.3, -0.25) is 0 Å². The first-order chi connectivity index (χ1) is 9.99. The van der Waals surface area contributed by atoms with E-state index in [1.165, 1.54) is 37.8 Å². The zero-order valence-corrected chi connectivity index (χ0v) is 13.3. The van der Waals surface area contributed by atoms with E-state index in [0.717, 1.165) is 13.1 Å². The standard InChI is InChI=1S/C17H26F2N2/c1-12-10-17(19)15(11-16(12)18)13(2)20-8-9-21(3)14-6-4-5-7-14/h10-11,13-14,20H,4-9H2,1-3H3. The van der Waals surface area contributed by atoms with Crippen molar-refractivity contribution in [2.75, 3.05) is 20.1 Å². The van der Waals surface area contributed by atoms with Crippen LogP contribution in [0.4, 0.5) is 8.78 Å². The van der Waals surface area contributed by atoms with Crippen molar-refractivity contribution in [1.29, 1.82) is 0 Å². The van der Waals surface area contributed by atoms with E-state index in [-0.39, 0.29) is 17.7 Å². The van der Waals surface area contributed by atoms with E-state index in [2.05, 4.69) is 17.3 Å². The predicted octanol–water partition coefficient (Wildman–Crippen LogP) is 3.80. The molecule has 0 aliphatic heterocycles. The predicted molar refractivity (Wildman–Crippen MR) is 82.4 cm³/mol. The molecule has 0 aromatic heterocycles. The number of benzene rings is 1. The number of hydrogen-bond donors (Lipinski definition) is 1. The minimum Gasteiger partial charge on any atom is -0.309 e. The Morgan fingerprint density at radius 1 is 1.24 bits per heavy atom. The van der Waals surface area contributed by atoms with Gasteiger partial charge in [-0.05, 0) is 51.4 Å². The third kappa shape index (κ3) is 4.24. The third-order valence-corrected chi connectivity index (χ3v) is 4.61. The summed E-state index contributed by atoms with van der Waals surface area (Å²) in [6.45, 7) is 5.17. The molecule has 118 valence electrons. The minimum absolute atomic E-state index is 0.183. The maximum absolute atomic E-state index is 13.9. The van der Waals surface area contributed by atoms with E-state index in [1.54, 1.807) is 6.92 Å². The lowest BCUT2D eigenvalue weighted by Crippen LogP contribution is -2.36. The van der Waals surface area contributed by atoms with Crippen LogP contribution in [-0.2, 0) is 0 Å². The van der Waals surface area contributed by atoms with Crippen LogP contribution in [0.15, 0.2) is 12.1 Å². The first kappa shape index (κ1) is 16.4. The maximum Gasteiger partial charge on any atom is 0.128 e. The lowest BCUT2D eigenvalue weighted by atomic mass is 10.0. The first-order valence-corrected chi connectivity index (χ1v) is 7.88. The molecule has 1 aliphatic carbocycles. The second-order valence-corrected chi connectivity index (χ2v) is 6.22. The maximum atomic E-state index is 13.9. The molecule has 21 heavy (non-hydrogen) atoms. The number of nitrogens with one attached hydrogen (secondary N) is 1. The fraction of sp³-hybridized carbons (Fsp3) is 0.647. The van der Waals surface area contributed by atoms with E-state index in [9.17, 15) is 8.78 Å². The lowest BCUT2D eigenvalue weighted by molar-refractivity contribution is 0.242. The van der Waals surface area contributed by atoms with Crippen LogP contribution in [0.25, 0.3) is 0 Å². The summed E-state index contributed by atoms with van der Waals surface area (Å²) in [4.78, 5) is 2.37. The van der Waals surface area contributed by atoms with Crippen LogP contribution < -0.4 is 5.32 Å². The van der Waals surface area contributed by atoms with Gasteiger partial charge in [-0.25, -0.2) is 8.78 Å². The molecule has 2 rings (SSSR count). The fourth-order valence-electron chi connectivity index (χ4n) is 3.09. The van der Waals surface area contributed by atoms with E-state index in [0.29, 0.717) is 17.2 Å². The summed E-state index contributed by atoms with van der Waals surface area (Å²) >= 11 is 0. The molecule has 1 fully saturated rings. The molecule has 1 aliphatic rings. The Kier molecular flexibility index (Phi) is 5.71. The van der Waals surface area contributed by atoms with Gasteiger partial charge < -0.3 is 10.2 Å². The van der Waals surface area contributed by atoms with Gasteiger partial charge in [0.1, 0.15) is 11.6 Å². The first-order valence-electron chi connectivity index (χ1n) is 7.88.